The molecule has 3 fully saturated rings. The SMILES string of the molecule is C=C1/C(=C\C=C2/CCC[C@]3(C)[C@@H]([C@H](C)CCCC(C)(C)F)CC[C@@H]23)C[C@@H](F)C[C@@H]1OC(C)=O. The van der Waals surface area contributed by atoms with Gasteiger partial charge in [0.1, 0.15) is 17.9 Å². The Morgan fingerprint density at radius 2 is 2.06 bits per heavy atom. The number of allylic oxidation sites excluding steroid dienone is 3. The van der Waals surface area contributed by atoms with E-state index in [1.165, 1.54) is 38.2 Å². The minimum atomic E-state index is -1.08. The van der Waals surface area contributed by atoms with Crippen molar-refractivity contribution in [3.63, 3.8) is 0 Å². The molecule has 3 aliphatic carbocycles. The first kappa shape index (κ1) is 26.2. The molecule has 0 aromatic rings. The number of halogens is 2. The molecule has 0 unspecified atom stereocenters. The topological polar surface area (TPSA) is 26.3 Å². The number of alkyl halides is 2. The van der Waals surface area contributed by atoms with E-state index in [1.807, 2.05) is 6.08 Å². The van der Waals surface area contributed by atoms with Crippen molar-refractivity contribution in [3.8, 4) is 0 Å². The Hall–Kier alpha value is -1.45. The molecule has 0 aromatic carbocycles. The van der Waals surface area contributed by atoms with Crippen LogP contribution >= 0.6 is 0 Å². The molecular formula is C29H44F2O2. The van der Waals surface area contributed by atoms with Crippen molar-refractivity contribution in [2.75, 3.05) is 0 Å². The number of fused-ring (bicyclic) bond motifs is 1. The minimum Gasteiger partial charge on any atom is -0.458 e. The molecule has 3 aliphatic rings. The molecule has 33 heavy (non-hydrogen) atoms. The van der Waals surface area contributed by atoms with Gasteiger partial charge in [0.25, 0.3) is 0 Å². The highest BCUT2D eigenvalue weighted by atomic mass is 19.1. The standard InChI is InChI=1S/C29H44F2O2/c1-19(9-7-15-28(4,5)31)25-13-14-26-22(10-8-16-29(25,26)6)11-12-23-17-24(30)18-27(20(23)2)33-21(3)32/h11-12,19,24-27H,2,7-10,13-18H2,1,3-6H3/b22-11+,23-12-/t19-,24-,25-,26+,27+,29-/m1/s1. The van der Waals surface area contributed by atoms with Gasteiger partial charge in [-0.1, -0.05) is 51.0 Å². The Kier molecular flexibility index (Phi) is 8.28. The average molecular weight is 463 g/mol. The maximum atomic E-state index is 14.3. The number of carbonyl (C=O) groups is 1. The van der Waals surface area contributed by atoms with Crippen LogP contribution in [0.4, 0.5) is 8.78 Å². The molecule has 0 amide bonds. The van der Waals surface area contributed by atoms with Crippen LogP contribution in [-0.4, -0.2) is 23.9 Å². The van der Waals surface area contributed by atoms with Crippen LogP contribution in [0.25, 0.3) is 0 Å². The Morgan fingerprint density at radius 1 is 1.33 bits per heavy atom. The predicted octanol–water partition coefficient (Wildman–Crippen LogP) is 8.23. The van der Waals surface area contributed by atoms with Gasteiger partial charge < -0.3 is 4.74 Å². The first-order valence-corrected chi connectivity index (χ1v) is 13.0. The number of rotatable bonds is 7. The summed E-state index contributed by atoms with van der Waals surface area (Å²) in [5, 5.41) is 0. The monoisotopic (exact) mass is 462 g/mol. The lowest BCUT2D eigenvalue weighted by atomic mass is 9.60. The van der Waals surface area contributed by atoms with Crippen LogP contribution in [-0.2, 0) is 9.53 Å². The van der Waals surface area contributed by atoms with Gasteiger partial charge in [0, 0.05) is 19.8 Å². The van der Waals surface area contributed by atoms with Crippen LogP contribution in [0, 0.1) is 23.2 Å². The number of esters is 1. The molecule has 6 atom stereocenters. The van der Waals surface area contributed by atoms with Crippen molar-refractivity contribution in [3.05, 3.63) is 35.5 Å². The van der Waals surface area contributed by atoms with Gasteiger partial charge >= 0.3 is 5.97 Å². The molecule has 2 nitrogen and oxygen atoms in total. The fourth-order valence-electron chi connectivity index (χ4n) is 7.00. The molecule has 0 aliphatic heterocycles. The normalized spacial score (nSPS) is 36.2. The molecule has 4 heteroatoms. The van der Waals surface area contributed by atoms with Crippen LogP contribution in [0.3, 0.4) is 0 Å². The molecule has 186 valence electrons. The first-order valence-electron chi connectivity index (χ1n) is 13.0. The van der Waals surface area contributed by atoms with E-state index in [4.69, 9.17) is 4.74 Å². The first-order chi connectivity index (χ1) is 15.4. The zero-order chi connectivity index (χ0) is 24.4. The second-order valence-electron chi connectivity index (χ2n) is 11.8. The molecule has 3 saturated carbocycles. The van der Waals surface area contributed by atoms with Crippen LogP contribution in [0.1, 0.15) is 98.8 Å². The Morgan fingerprint density at radius 3 is 2.73 bits per heavy atom. The zero-order valence-electron chi connectivity index (χ0n) is 21.4. The lowest BCUT2D eigenvalue weighted by Gasteiger charge is -2.44. The van der Waals surface area contributed by atoms with Gasteiger partial charge in [-0.25, -0.2) is 8.78 Å². The van der Waals surface area contributed by atoms with E-state index in [2.05, 4.69) is 26.5 Å². The molecule has 0 heterocycles. The van der Waals surface area contributed by atoms with Crippen molar-refractivity contribution in [1.29, 1.82) is 0 Å². The highest BCUT2D eigenvalue weighted by Crippen LogP contribution is 2.60. The summed E-state index contributed by atoms with van der Waals surface area (Å²) in [5.41, 5.74) is 2.31. The smallest absolute Gasteiger partial charge is 0.303 e. The third-order valence-corrected chi connectivity index (χ3v) is 8.67. The number of hydrogen-bond donors (Lipinski definition) is 0. The van der Waals surface area contributed by atoms with E-state index < -0.39 is 23.9 Å². The summed E-state index contributed by atoms with van der Waals surface area (Å²) in [5.74, 6) is 1.46. The van der Waals surface area contributed by atoms with E-state index in [1.54, 1.807) is 13.8 Å². The zero-order valence-corrected chi connectivity index (χ0v) is 21.4. The summed E-state index contributed by atoms with van der Waals surface area (Å²) in [6.07, 6.45) is 11.9. The van der Waals surface area contributed by atoms with E-state index in [0.29, 0.717) is 36.0 Å². The van der Waals surface area contributed by atoms with Crippen molar-refractivity contribution < 1.29 is 18.3 Å². The largest absolute Gasteiger partial charge is 0.458 e. The average Bonchev–Trinajstić information content (AvgIpc) is 3.05. The third-order valence-electron chi connectivity index (χ3n) is 8.67. The molecule has 3 rings (SSSR count). The fourth-order valence-corrected chi connectivity index (χ4v) is 7.00. The molecule has 0 radical (unpaired) electrons. The highest BCUT2D eigenvalue weighted by molar-refractivity contribution is 5.66. The lowest BCUT2D eigenvalue weighted by Crippen LogP contribution is -2.36. The molecule has 0 bridgehead atoms. The Bertz CT molecular complexity index is 790. The van der Waals surface area contributed by atoms with Crippen LogP contribution in [0.2, 0.25) is 0 Å². The Balaban J connectivity index is 1.71. The van der Waals surface area contributed by atoms with Crippen molar-refractivity contribution in [2.45, 2.75) is 117 Å². The summed E-state index contributed by atoms with van der Waals surface area (Å²) in [6, 6.07) is 0. The molecule has 0 aromatic heterocycles. The van der Waals surface area contributed by atoms with E-state index in [0.717, 1.165) is 30.4 Å². The third kappa shape index (κ3) is 6.36. The molecule has 0 spiro atoms. The van der Waals surface area contributed by atoms with Gasteiger partial charge in [0.15, 0.2) is 0 Å². The lowest BCUT2D eigenvalue weighted by molar-refractivity contribution is -0.145. The van der Waals surface area contributed by atoms with Crippen LogP contribution in [0.5, 0.6) is 0 Å². The summed E-state index contributed by atoms with van der Waals surface area (Å²) in [7, 11) is 0. The van der Waals surface area contributed by atoms with Gasteiger partial charge in [-0.15, -0.1) is 0 Å². The second kappa shape index (κ2) is 10.4. The molecular weight excluding hydrogens is 418 g/mol. The maximum absolute atomic E-state index is 14.3. The summed E-state index contributed by atoms with van der Waals surface area (Å²) in [6.45, 7) is 13.7. The number of hydrogen-bond acceptors (Lipinski definition) is 2. The van der Waals surface area contributed by atoms with E-state index >= 15 is 0 Å². The van der Waals surface area contributed by atoms with Gasteiger partial charge in [-0.2, -0.15) is 0 Å². The fraction of sp³-hybridized carbons (Fsp3) is 0.759. The van der Waals surface area contributed by atoms with Gasteiger partial charge in [0.2, 0.25) is 0 Å². The van der Waals surface area contributed by atoms with Gasteiger partial charge in [0.05, 0.1) is 0 Å². The number of ether oxygens (including phenoxy) is 1. The Labute approximate surface area is 199 Å². The van der Waals surface area contributed by atoms with E-state index in [-0.39, 0.29) is 6.42 Å². The summed E-state index contributed by atoms with van der Waals surface area (Å²) in [4.78, 5) is 11.4. The van der Waals surface area contributed by atoms with Crippen molar-refractivity contribution in [2.24, 2.45) is 23.2 Å². The second-order valence-corrected chi connectivity index (χ2v) is 11.8. The van der Waals surface area contributed by atoms with Crippen molar-refractivity contribution >= 4 is 5.97 Å². The highest BCUT2D eigenvalue weighted by Gasteiger charge is 2.50. The van der Waals surface area contributed by atoms with Crippen LogP contribution < -0.4 is 0 Å². The molecule has 0 saturated heterocycles. The quantitative estimate of drug-likeness (QED) is 0.356. The predicted molar refractivity (Wildman–Crippen MR) is 131 cm³/mol. The summed E-state index contributed by atoms with van der Waals surface area (Å²) < 4.78 is 33.6. The molecule has 0 N–H and O–H groups in total. The minimum absolute atomic E-state index is 0.201. The maximum Gasteiger partial charge on any atom is 0.303 e. The van der Waals surface area contributed by atoms with E-state index in [9.17, 15) is 13.6 Å². The van der Waals surface area contributed by atoms with Crippen LogP contribution in [0.15, 0.2) is 35.5 Å². The number of carbonyl (C=O) groups excluding carboxylic acids is 1. The summed E-state index contributed by atoms with van der Waals surface area (Å²) >= 11 is 0. The van der Waals surface area contributed by atoms with Gasteiger partial charge in [-0.3, -0.25) is 4.79 Å². The van der Waals surface area contributed by atoms with Gasteiger partial charge in [-0.05, 0) is 86.7 Å². The van der Waals surface area contributed by atoms with Crippen molar-refractivity contribution in [1.82, 2.24) is 0 Å².